The van der Waals surface area contributed by atoms with Crippen molar-refractivity contribution in [3.63, 3.8) is 0 Å². The van der Waals surface area contributed by atoms with Crippen LogP contribution in [0.5, 0.6) is 0 Å². The fourth-order valence-electron chi connectivity index (χ4n) is 2.04. The third-order valence-electron chi connectivity index (χ3n) is 3.01. The van der Waals surface area contributed by atoms with Crippen LogP contribution in [0, 0.1) is 0 Å². The Balaban J connectivity index is 2.33. The molecular formula is C14H9BrClNO2S. The van der Waals surface area contributed by atoms with Gasteiger partial charge in [0, 0.05) is 11.6 Å². The first kappa shape index (κ1) is 13.7. The highest BCUT2D eigenvalue weighted by atomic mass is 79.9. The van der Waals surface area contributed by atoms with Gasteiger partial charge in [-0.15, -0.1) is 0 Å². The van der Waals surface area contributed by atoms with Gasteiger partial charge in [0.25, 0.3) is 10.0 Å². The number of aromatic nitrogens is 1. The van der Waals surface area contributed by atoms with Crippen molar-refractivity contribution >= 4 is 48.5 Å². The zero-order valence-corrected chi connectivity index (χ0v) is 13.3. The van der Waals surface area contributed by atoms with Crippen molar-refractivity contribution in [2.24, 2.45) is 0 Å². The standard InChI is InChI=1S/C14H9BrClNO2S/c15-13-12(16)7-6-10-8-9-17(14(10)13)20(18,19)11-4-2-1-3-5-11/h1-9H. The average Bonchev–Trinajstić information content (AvgIpc) is 2.89. The number of nitrogens with zero attached hydrogens (tertiary/aromatic N) is 1. The van der Waals surface area contributed by atoms with Crippen LogP contribution in [0.2, 0.25) is 5.02 Å². The fourth-order valence-corrected chi connectivity index (χ4v) is 4.25. The quantitative estimate of drug-likeness (QED) is 0.675. The van der Waals surface area contributed by atoms with Gasteiger partial charge in [0.1, 0.15) is 0 Å². The summed E-state index contributed by atoms with van der Waals surface area (Å²) in [4.78, 5) is 0.240. The third-order valence-corrected chi connectivity index (χ3v) is 6.05. The van der Waals surface area contributed by atoms with E-state index in [0.29, 0.717) is 15.0 Å². The van der Waals surface area contributed by atoms with Crippen LogP contribution >= 0.6 is 27.5 Å². The number of rotatable bonds is 2. The molecule has 0 radical (unpaired) electrons. The fraction of sp³-hybridized carbons (Fsp3) is 0. The van der Waals surface area contributed by atoms with Crippen LogP contribution in [0.15, 0.2) is 64.1 Å². The van der Waals surface area contributed by atoms with Crippen molar-refractivity contribution in [1.29, 1.82) is 0 Å². The maximum absolute atomic E-state index is 12.7. The van der Waals surface area contributed by atoms with Crippen molar-refractivity contribution in [3.8, 4) is 0 Å². The molecule has 0 N–H and O–H groups in total. The van der Waals surface area contributed by atoms with Crippen LogP contribution in [0.1, 0.15) is 0 Å². The van der Waals surface area contributed by atoms with Crippen LogP contribution in [0.3, 0.4) is 0 Å². The molecule has 0 amide bonds. The summed E-state index contributed by atoms with van der Waals surface area (Å²) in [5, 5.41) is 1.28. The van der Waals surface area contributed by atoms with Gasteiger partial charge in [-0.05, 0) is 40.2 Å². The van der Waals surface area contributed by atoms with Crippen molar-refractivity contribution in [1.82, 2.24) is 3.97 Å². The van der Waals surface area contributed by atoms with Gasteiger partial charge in [0.2, 0.25) is 0 Å². The molecule has 0 fully saturated rings. The normalized spacial score (nSPS) is 11.9. The van der Waals surface area contributed by atoms with E-state index < -0.39 is 10.0 Å². The molecule has 1 aromatic heterocycles. The first-order valence-electron chi connectivity index (χ1n) is 5.77. The molecule has 0 aliphatic rings. The number of fused-ring (bicyclic) bond motifs is 1. The van der Waals surface area contributed by atoms with Gasteiger partial charge in [0.15, 0.2) is 0 Å². The topological polar surface area (TPSA) is 39.1 Å². The molecular weight excluding hydrogens is 362 g/mol. The lowest BCUT2D eigenvalue weighted by Gasteiger charge is -2.09. The SMILES string of the molecule is O=S(=O)(c1ccccc1)n1ccc2ccc(Cl)c(Br)c21. The summed E-state index contributed by atoms with van der Waals surface area (Å²) in [7, 11) is -3.63. The highest BCUT2D eigenvalue weighted by Crippen LogP contribution is 2.33. The zero-order chi connectivity index (χ0) is 14.3. The van der Waals surface area contributed by atoms with Gasteiger partial charge in [0.05, 0.1) is 19.9 Å². The van der Waals surface area contributed by atoms with E-state index in [1.165, 1.54) is 10.2 Å². The molecule has 0 bridgehead atoms. The van der Waals surface area contributed by atoms with E-state index in [1.54, 1.807) is 48.5 Å². The summed E-state index contributed by atoms with van der Waals surface area (Å²) in [5.74, 6) is 0. The summed E-state index contributed by atoms with van der Waals surface area (Å²) >= 11 is 9.42. The molecule has 1 heterocycles. The molecule has 102 valence electrons. The molecule has 0 aliphatic carbocycles. The van der Waals surface area contributed by atoms with Crippen LogP contribution in [-0.4, -0.2) is 12.4 Å². The molecule has 3 nitrogen and oxygen atoms in total. The highest BCUT2D eigenvalue weighted by Gasteiger charge is 2.20. The van der Waals surface area contributed by atoms with Crippen LogP contribution in [-0.2, 0) is 10.0 Å². The Labute approximate surface area is 130 Å². The second kappa shape index (κ2) is 4.91. The van der Waals surface area contributed by atoms with Crippen LogP contribution in [0.25, 0.3) is 10.9 Å². The van der Waals surface area contributed by atoms with Crippen molar-refractivity contribution in [3.05, 3.63) is 64.2 Å². The molecule has 3 aromatic rings. The summed E-state index contributed by atoms with van der Waals surface area (Å²) in [5.41, 5.74) is 0.543. The maximum Gasteiger partial charge on any atom is 0.268 e. The van der Waals surface area contributed by atoms with Crippen LogP contribution in [0.4, 0.5) is 0 Å². The number of halogens is 2. The van der Waals surface area contributed by atoms with Crippen molar-refractivity contribution < 1.29 is 8.42 Å². The molecule has 0 spiro atoms. The number of hydrogen-bond donors (Lipinski definition) is 0. The van der Waals surface area contributed by atoms with Gasteiger partial charge in [-0.1, -0.05) is 35.9 Å². The van der Waals surface area contributed by atoms with E-state index in [2.05, 4.69) is 15.9 Å². The predicted molar refractivity (Wildman–Crippen MR) is 83.7 cm³/mol. The van der Waals surface area contributed by atoms with Crippen molar-refractivity contribution in [2.75, 3.05) is 0 Å². The van der Waals surface area contributed by atoms with Crippen LogP contribution < -0.4 is 0 Å². The molecule has 0 atom stereocenters. The second-order valence-electron chi connectivity index (χ2n) is 4.23. The third kappa shape index (κ3) is 2.06. The van der Waals surface area contributed by atoms with Gasteiger partial charge in [-0.2, -0.15) is 0 Å². The molecule has 20 heavy (non-hydrogen) atoms. The maximum atomic E-state index is 12.7. The minimum atomic E-state index is -3.63. The molecule has 2 aromatic carbocycles. The van der Waals surface area contributed by atoms with Gasteiger partial charge in [-0.25, -0.2) is 12.4 Å². The molecule has 0 unspecified atom stereocenters. The Hall–Kier alpha value is -1.30. The van der Waals surface area contributed by atoms with E-state index in [4.69, 9.17) is 11.6 Å². The molecule has 3 rings (SSSR count). The van der Waals surface area contributed by atoms with E-state index >= 15 is 0 Å². The van der Waals surface area contributed by atoms with E-state index in [1.807, 2.05) is 0 Å². The summed E-state index contributed by atoms with van der Waals surface area (Å²) in [6, 6.07) is 13.6. The van der Waals surface area contributed by atoms with E-state index in [0.717, 1.165) is 5.39 Å². The molecule has 0 saturated heterocycles. The first-order valence-corrected chi connectivity index (χ1v) is 8.38. The summed E-state index contributed by atoms with van der Waals surface area (Å²) < 4.78 is 27.2. The monoisotopic (exact) mass is 369 g/mol. The summed E-state index contributed by atoms with van der Waals surface area (Å²) in [6.45, 7) is 0. The lowest BCUT2D eigenvalue weighted by molar-refractivity contribution is 0.589. The molecule has 0 aliphatic heterocycles. The van der Waals surface area contributed by atoms with Gasteiger partial charge < -0.3 is 0 Å². The largest absolute Gasteiger partial charge is 0.268 e. The van der Waals surface area contributed by atoms with Gasteiger partial charge in [-0.3, -0.25) is 0 Å². The Bertz CT molecular complexity index is 888. The minimum Gasteiger partial charge on any atom is -0.240 e. The summed E-state index contributed by atoms with van der Waals surface area (Å²) in [6.07, 6.45) is 1.54. The van der Waals surface area contributed by atoms with E-state index in [-0.39, 0.29) is 4.90 Å². The Morgan fingerprint density at radius 3 is 2.40 bits per heavy atom. The first-order chi connectivity index (χ1) is 9.51. The number of hydrogen-bond acceptors (Lipinski definition) is 2. The zero-order valence-electron chi connectivity index (χ0n) is 10.1. The predicted octanol–water partition coefficient (Wildman–Crippen LogP) is 4.29. The van der Waals surface area contributed by atoms with Gasteiger partial charge >= 0.3 is 0 Å². The van der Waals surface area contributed by atoms with E-state index in [9.17, 15) is 8.42 Å². The second-order valence-corrected chi connectivity index (χ2v) is 7.24. The minimum absolute atomic E-state index is 0.240. The Kier molecular flexibility index (Phi) is 3.36. The van der Waals surface area contributed by atoms with Crippen molar-refractivity contribution in [2.45, 2.75) is 4.90 Å². The molecule has 0 saturated carbocycles. The highest BCUT2D eigenvalue weighted by molar-refractivity contribution is 9.10. The average molecular weight is 371 g/mol. The molecule has 6 heteroatoms. The Morgan fingerprint density at radius 2 is 1.70 bits per heavy atom. The lowest BCUT2D eigenvalue weighted by Crippen LogP contribution is -2.11. The Morgan fingerprint density at radius 1 is 1.00 bits per heavy atom. The smallest absolute Gasteiger partial charge is 0.240 e. The lowest BCUT2D eigenvalue weighted by atomic mass is 10.2. The number of benzene rings is 2.